The Morgan fingerprint density at radius 1 is 1.18 bits per heavy atom. The molecule has 1 aliphatic heterocycles. The summed E-state index contributed by atoms with van der Waals surface area (Å²) in [5.74, 6) is -0.849. The highest BCUT2D eigenvalue weighted by atomic mass is 32.2. The second-order valence-corrected chi connectivity index (χ2v) is 7.19. The summed E-state index contributed by atoms with van der Waals surface area (Å²) in [5, 5.41) is 8.05. The Morgan fingerprint density at radius 2 is 1.89 bits per heavy atom. The predicted octanol–water partition coefficient (Wildman–Crippen LogP) is 3.92. The molecule has 1 heterocycles. The van der Waals surface area contributed by atoms with Crippen LogP contribution in [-0.2, 0) is 4.79 Å². The van der Waals surface area contributed by atoms with Crippen molar-refractivity contribution in [3.63, 3.8) is 0 Å². The number of rotatable bonds is 7. The fourth-order valence-corrected chi connectivity index (χ4v) is 3.72. The van der Waals surface area contributed by atoms with Gasteiger partial charge in [0, 0.05) is 18.5 Å². The number of hydrogen-bond donors (Lipinski definition) is 0. The third-order valence-electron chi connectivity index (χ3n) is 4.02. The fourth-order valence-electron chi connectivity index (χ4n) is 2.62. The molecule has 7 heteroatoms. The van der Waals surface area contributed by atoms with E-state index in [1.807, 2.05) is 30.3 Å². The molecule has 5 nitrogen and oxygen atoms in total. The van der Waals surface area contributed by atoms with Crippen LogP contribution in [0, 0.1) is 5.82 Å². The monoisotopic (exact) mass is 395 g/mol. The largest absolute Gasteiger partial charge is 0.294 e. The average Bonchev–Trinajstić information content (AvgIpc) is 2.99. The average molecular weight is 395 g/mol. The van der Waals surface area contributed by atoms with Gasteiger partial charge in [0.2, 0.25) is 5.91 Å². The van der Waals surface area contributed by atoms with Crippen molar-refractivity contribution >= 4 is 34.8 Å². The number of ketones is 1. The van der Waals surface area contributed by atoms with Crippen molar-refractivity contribution in [2.45, 2.75) is 11.7 Å². The molecule has 2 aromatic carbocycles. The normalized spacial score (nSPS) is 18.2. The van der Waals surface area contributed by atoms with Crippen molar-refractivity contribution in [2.75, 3.05) is 6.54 Å². The summed E-state index contributed by atoms with van der Waals surface area (Å²) in [6.07, 6.45) is 3.20. The lowest BCUT2D eigenvalue weighted by molar-refractivity contribution is -0.125. The van der Waals surface area contributed by atoms with Gasteiger partial charge in [0.25, 0.3) is 0 Å². The zero-order valence-electron chi connectivity index (χ0n) is 15.0. The van der Waals surface area contributed by atoms with Gasteiger partial charge >= 0.3 is 0 Å². The molecule has 1 atom stereocenters. The highest BCUT2D eigenvalue weighted by molar-refractivity contribution is 8.15. The molecule has 1 amide bonds. The first kappa shape index (κ1) is 19.7. The van der Waals surface area contributed by atoms with Crippen molar-refractivity contribution in [1.29, 1.82) is 0 Å². The lowest BCUT2D eigenvalue weighted by atomic mass is 10.1. The molecular formula is C21H18FN3O2S. The molecular weight excluding hydrogens is 377 g/mol. The van der Waals surface area contributed by atoms with Gasteiger partial charge in [-0.2, -0.15) is 5.10 Å². The summed E-state index contributed by atoms with van der Waals surface area (Å²) in [7, 11) is 0. The van der Waals surface area contributed by atoms with E-state index in [0.29, 0.717) is 10.7 Å². The number of hydrogen-bond acceptors (Lipinski definition) is 5. The minimum absolute atomic E-state index is 0.00416. The van der Waals surface area contributed by atoms with Crippen molar-refractivity contribution in [3.05, 3.63) is 84.2 Å². The maximum Gasteiger partial charge on any atom is 0.242 e. The standard InChI is InChI=1S/C21H18FN3O2S/c1-2-12-25-20(27)19(13-18(26)16-8-10-17(22)11-9-16)28-21(25)24-23-14-15-6-4-3-5-7-15/h2-11,14,19H,1,12-13H2/b23-14+,24-21+. The summed E-state index contributed by atoms with van der Waals surface area (Å²) < 4.78 is 13.0. The van der Waals surface area contributed by atoms with E-state index in [1.165, 1.54) is 40.9 Å². The van der Waals surface area contributed by atoms with Gasteiger partial charge in [0.05, 0.1) is 11.5 Å². The molecule has 0 N–H and O–H groups in total. The van der Waals surface area contributed by atoms with Crippen molar-refractivity contribution < 1.29 is 14.0 Å². The van der Waals surface area contributed by atoms with Gasteiger partial charge in [-0.15, -0.1) is 11.7 Å². The van der Waals surface area contributed by atoms with Crippen LogP contribution in [0.3, 0.4) is 0 Å². The summed E-state index contributed by atoms with van der Waals surface area (Å²) in [6, 6.07) is 14.8. The van der Waals surface area contributed by atoms with E-state index < -0.39 is 11.1 Å². The van der Waals surface area contributed by atoms with E-state index in [0.717, 1.165) is 5.56 Å². The van der Waals surface area contributed by atoms with Crippen LogP contribution in [0.5, 0.6) is 0 Å². The number of carbonyl (C=O) groups is 2. The van der Waals surface area contributed by atoms with Gasteiger partial charge in [-0.3, -0.25) is 14.5 Å². The summed E-state index contributed by atoms with van der Waals surface area (Å²) >= 11 is 1.20. The van der Waals surface area contributed by atoms with Crippen molar-refractivity contribution in [1.82, 2.24) is 4.90 Å². The molecule has 0 aromatic heterocycles. The SMILES string of the molecule is C=CCN1C(=O)C(CC(=O)c2ccc(F)cc2)S/C1=N/N=C/c1ccccc1. The topological polar surface area (TPSA) is 62.1 Å². The van der Waals surface area contributed by atoms with Crippen LogP contribution in [-0.4, -0.2) is 39.8 Å². The van der Waals surface area contributed by atoms with Crippen LogP contribution >= 0.6 is 11.8 Å². The van der Waals surface area contributed by atoms with Crippen LogP contribution in [0.1, 0.15) is 22.3 Å². The van der Waals surface area contributed by atoms with E-state index in [2.05, 4.69) is 16.8 Å². The molecule has 0 saturated carbocycles. The van der Waals surface area contributed by atoms with Crippen molar-refractivity contribution in [2.24, 2.45) is 10.2 Å². The van der Waals surface area contributed by atoms with Gasteiger partial charge < -0.3 is 0 Å². The minimum atomic E-state index is -0.594. The Hall–Kier alpha value is -3.06. The number of amidine groups is 1. The predicted molar refractivity (Wildman–Crippen MR) is 110 cm³/mol. The van der Waals surface area contributed by atoms with Gasteiger partial charge in [0.1, 0.15) is 5.82 Å². The molecule has 0 radical (unpaired) electrons. The molecule has 1 fully saturated rings. The van der Waals surface area contributed by atoms with E-state index in [9.17, 15) is 14.0 Å². The van der Waals surface area contributed by atoms with Crippen LogP contribution in [0.15, 0.2) is 77.5 Å². The Balaban J connectivity index is 1.73. The van der Waals surface area contributed by atoms with E-state index >= 15 is 0 Å². The lowest BCUT2D eigenvalue weighted by Gasteiger charge is -2.12. The summed E-state index contributed by atoms with van der Waals surface area (Å²) in [4.78, 5) is 26.6. The summed E-state index contributed by atoms with van der Waals surface area (Å²) in [5.41, 5.74) is 1.26. The number of carbonyl (C=O) groups excluding carboxylic acids is 2. The fraction of sp³-hybridized carbons (Fsp3) is 0.143. The highest BCUT2D eigenvalue weighted by Gasteiger charge is 2.38. The molecule has 3 rings (SSSR count). The Labute approximate surface area is 166 Å². The maximum absolute atomic E-state index is 13.0. The van der Waals surface area contributed by atoms with Crippen molar-refractivity contribution in [3.8, 4) is 0 Å². The number of nitrogens with zero attached hydrogens (tertiary/aromatic N) is 3. The molecule has 142 valence electrons. The summed E-state index contributed by atoms with van der Waals surface area (Å²) in [6.45, 7) is 3.95. The molecule has 2 aromatic rings. The van der Waals surface area contributed by atoms with E-state index in [1.54, 1.807) is 12.3 Å². The number of Topliss-reactive ketones (excluding diaryl/α,β-unsaturated/α-hetero) is 1. The van der Waals surface area contributed by atoms with E-state index in [4.69, 9.17) is 0 Å². The van der Waals surface area contributed by atoms with Crippen LogP contribution in [0.2, 0.25) is 0 Å². The minimum Gasteiger partial charge on any atom is -0.294 e. The first-order valence-electron chi connectivity index (χ1n) is 8.62. The zero-order chi connectivity index (χ0) is 19.9. The van der Waals surface area contributed by atoms with Gasteiger partial charge in [-0.05, 0) is 29.8 Å². The molecule has 0 aliphatic carbocycles. The molecule has 0 spiro atoms. The highest BCUT2D eigenvalue weighted by Crippen LogP contribution is 2.30. The molecule has 1 aliphatic rings. The number of benzene rings is 2. The molecule has 1 unspecified atom stereocenters. The van der Waals surface area contributed by atoms with Crippen LogP contribution in [0.25, 0.3) is 0 Å². The quantitative estimate of drug-likeness (QED) is 0.309. The van der Waals surface area contributed by atoms with Gasteiger partial charge in [-0.1, -0.05) is 48.2 Å². The number of amides is 1. The first-order chi connectivity index (χ1) is 13.6. The zero-order valence-corrected chi connectivity index (χ0v) is 15.8. The Kier molecular flexibility index (Phi) is 6.49. The third-order valence-corrected chi connectivity index (χ3v) is 5.18. The van der Waals surface area contributed by atoms with Crippen LogP contribution in [0.4, 0.5) is 4.39 Å². The Morgan fingerprint density at radius 3 is 2.57 bits per heavy atom. The maximum atomic E-state index is 13.0. The number of halogens is 1. The smallest absolute Gasteiger partial charge is 0.242 e. The molecule has 28 heavy (non-hydrogen) atoms. The second-order valence-electron chi connectivity index (χ2n) is 6.02. The lowest BCUT2D eigenvalue weighted by Crippen LogP contribution is -2.32. The van der Waals surface area contributed by atoms with Crippen LogP contribution < -0.4 is 0 Å². The second kappa shape index (κ2) is 9.23. The molecule has 0 bridgehead atoms. The number of thioether (sulfide) groups is 1. The Bertz CT molecular complexity index is 926. The van der Waals surface area contributed by atoms with E-state index in [-0.39, 0.29) is 24.7 Å². The first-order valence-corrected chi connectivity index (χ1v) is 9.50. The third kappa shape index (κ3) is 4.80. The van der Waals surface area contributed by atoms with Gasteiger partial charge in [0.15, 0.2) is 11.0 Å². The molecule has 1 saturated heterocycles. The van der Waals surface area contributed by atoms with Gasteiger partial charge in [-0.25, -0.2) is 4.39 Å².